The molecule has 0 spiro atoms. The second kappa shape index (κ2) is 9.14. The maximum Gasteiger partial charge on any atom is 0.225 e. The zero-order valence-electron chi connectivity index (χ0n) is 16.9. The molecule has 2 aromatic carbocycles. The van der Waals surface area contributed by atoms with Crippen molar-refractivity contribution in [1.82, 2.24) is 10.2 Å². The quantitative estimate of drug-likeness (QED) is 0.601. The fourth-order valence-corrected chi connectivity index (χ4v) is 3.58. The Balaban J connectivity index is 1.78. The number of carbonyl (C=O) groups is 2. The molecule has 0 saturated carbocycles. The Labute approximate surface area is 175 Å². The van der Waals surface area contributed by atoms with Gasteiger partial charge in [-0.1, -0.05) is 48.9 Å². The zero-order chi connectivity index (χ0) is 21.0. The lowest BCUT2D eigenvalue weighted by Gasteiger charge is -2.23. The summed E-state index contributed by atoms with van der Waals surface area (Å²) >= 11 is 5.96. The SMILES string of the molecule is CCc1oc2ccccc2c1CN(C)C(=O)CC(NC(C)=O)c1ccc(Cl)cc1. The number of para-hydroxylation sites is 1. The highest BCUT2D eigenvalue weighted by atomic mass is 35.5. The average Bonchev–Trinajstić information content (AvgIpc) is 3.05. The highest BCUT2D eigenvalue weighted by Gasteiger charge is 2.22. The van der Waals surface area contributed by atoms with Crippen molar-refractivity contribution in [2.75, 3.05) is 7.05 Å². The molecule has 0 fully saturated rings. The van der Waals surface area contributed by atoms with Crippen molar-refractivity contribution in [3.8, 4) is 0 Å². The number of benzene rings is 2. The van der Waals surface area contributed by atoms with E-state index in [1.54, 1.807) is 24.1 Å². The van der Waals surface area contributed by atoms with Gasteiger partial charge >= 0.3 is 0 Å². The number of aryl methyl sites for hydroxylation is 1. The smallest absolute Gasteiger partial charge is 0.225 e. The number of nitrogens with zero attached hydrogens (tertiary/aromatic N) is 1. The number of carbonyl (C=O) groups excluding carboxylic acids is 2. The van der Waals surface area contributed by atoms with Gasteiger partial charge in [-0.05, 0) is 23.8 Å². The minimum atomic E-state index is -0.411. The summed E-state index contributed by atoms with van der Waals surface area (Å²) in [5, 5.41) is 4.50. The summed E-state index contributed by atoms with van der Waals surface area (Å²) < 4.78 is 5.94. The third-order valence-electron chi connectivity index (χ3n) is 4.95. The number of hydrogen-bond acceptors (Lipinski definition) is 3. The monoisotopic (exact) mass is 412 g/mol. The molecule has 152 valence electrons. The Kier molecular flexibility index (Phi) is 6.60. The summed E-state index contributed by atoms with van der Waals surface area (Å²) in [5.74, 6) is 0.641. The Hall–Kier alpha value is -2.79. The highest BCUT2D eigenvalue weighted by molar-refractivity contribution is 6.30. The number of nitrogens with one attached hydrogen (secondary N) is 1. The van der Waals surface area contributed by atoms with Crippen LogP contribution < -0.4 is 5.32 Å². The van der Waals surface area contributed by atoms with Gasteiger partial charge in [0, 0.05) is 42.9 Å². The van der Waals surface area contributed by atoms with Crippen LogP contribution in [-0.4, -0.2) is 23.8 Å². The van der Waals surface area contributed by atoms with Crippen LogP contribution in [0.2, 0.25) is 5.02 Å². The van der Waals surface area contributed by atoms with Crippen LogP contribution in [-0.2, 0) is 22.6 Å². The van der Waals surface area contributed by atoms with E-state index in [-0.39, 0.29) is 18.2 Å². The van der Waals surface area contributed by atoms with E-state index in [1.807, 2.05) is 43.3 Å². The molecule has 5 nitrogen and oxygen atoms in total. The lowest BCUT2D eigenvalue weighted by Crippen LogP contribution is -2.33. The van der Waals surface area contributed by atoms with Gasteiger partial charge in [-0.25, -0.2) is 0 Å². The molecule has 3 aromatic rings. The molecule has 1 N–H and O–H groups in total. The third kappa shape index (κ3) is 4.98. The van der Waals surface area contributed by atoms with Crippen LogP contribution >= 0.6 is 11.6 Å². The normalized spacial score (nSPS) is 12.0. The van der Waals surface area contributed by atoms with Crippen LogP contribution in [0, 0.1) is 0 Å². The average molecular weight is 413 g/mol. The first-order valence-corrected chi connectivity index (χ1v) is 10.0. The maximum atomic E-state index is 13.0. The number of amides is 2. The molecule has 1 unspecified atom stereocenters. The first-order chi connectivity index (χ1) is 13.9. The van der Waals surface area contributed by atoms with E-state index in [4.69, 9.17) is 16.0 Å². The second-order valence-corrected chi connectivity index (χ2v) is 7.55. The number of rotatable bonds is 7. The van der Waals surface area contributed by atoms with E-state index in [0.717, 1.165) is 34.3 Å². The Morgan fingerprint density at radius 2 is 1.83 bits per heavy atom. The number of halogens is 1. The van der Waals surface area contributed by atoms with E-state index in [1.165, 1.54) is 6.92 Å². The van der Waals surface area contributed by atoms with Gasteiger partial charge in [0.1, 0.15) is 11.3 Å². The molecular weight excluding hydrogens is 388 g/mol. The molecule has 0 saturated heterocycles. The summed E-state index contributed by atoms with van der Waals surface area (Å²) in [6.07, 6.45) is 0.917. The van der Waals surface area contributed by atoms with E-state index >= 15 is 0 Å². The minimum absolute atomic E-state index is 0.0639. The predicted molar refractivity (Wildman–Crippen MR) is 115 cm³/mol. The van der Waals surface area contributed by atoms with E-state index in [0.29, 0.717) is 11.6 Å². The summed E-state index contributed by atoms with van der Waals surface area (Å²) in [6.45, 7) is 3.94. The highest BCUT2D eigenvalue weighted by Crippen LogP contribution is 2.28. The number of furan rings is 1. The van der Waals surface area contributed by atoms with Crippen molar-refractivity contribution >= 4 is 34.4 Å². The van der Waals surface area contributed by atoms with Crippen LogP contribution in [0.15, 0.2) is 52.9 Å². The van der Waals surface area contributed by atoms with E-state index in [2.05, 4.69) is 5.32 Å². The first kappa shape index (κ1) is 20.9. The summed E-state index contributed by atoms with van der Waals surface area (Å²) in [7, 11) is 1.77. The molecule has 0 radical (unpaired) electrons. The molecule has 0 bridgehead atoms. The molecular formula is C23H25ClN2O3. The standard InChI is InChI=1S/C23H25ClN2O3/c1-4-21-19(18-7-5-6-8-22(18)29-21)14-26(3)23(28)13-20(25-15(2)27)16-9-11-17(24)12-10-16/h5-12,20H,4,13-14H2,1-3H3,(H,25,27). The van der Waals surface area contributed by atoms with Crippen LogP contribution in [0.4, 0.5) is 0 Å². The molecule has 29 heavy (non-hydrogen) atoms. The molecule has 1 atom stereocenters. The predicted octanol–water partition coefficient (Wildman–Crippen LogP) is 4.87. The van der Waals surface area contributed by atoms with Crippen molar-refractivity contribution in [3.05, 3.63) is 70.4 Å². The lowest BCUT2D eigenvalue weighted by atomic mass is 10.0. The van der Waals surface area contributed by atoms with Crippen molar-refractivity contribution in [2.24, 2.45) is 0 Å². The van der Waals surface area contributed by atoms with E-state index < -0.39 is 6.04 Å². The van der Waals surface area contributed by atoms with Crippen molar-refractivity contribution < 1.29 is 14.0 Å². The molecule has 3 rings (SSSR count). The van der Waals surface area contributed by atoms with Gasteiger partial charge in [0.25, 0.3) is 0 Å². The van der Waals surface area contributed by atoms with Crippen molar-refractivity contribution in [3.63, 3.8) is 0 Å². The molecule has 6 heteroatoms. The molecule has 1 aromatic heterocycles. The fourth-order valence-electron chi connectivity index (χ4n) is 3.46. The molecule has 2 amide bonds. The third-order valence-corrected chi connectivity index (χ3v) is 5.20. The van der Waals surface area contributed by atoms with Crippen LogP contribution in [0.1, 0.15) is 43.2 Å². The summed E-state index contributed by atoms with van der Waals surface area (Å²) in [4.78, 5) is 26.3. The molecule has 0 aliphatic rings. The van der Waals surface area contributed by atoms with Crippen molar-refractivity contribution in [2.45, 2.75) is 39.3 Å². The molecule has 1 heterocycles. The Morgan fingerprint density at radius 1 is 1.14 bits per heavy atom. The Morgan fingerprint density at radius 3 is 2.48 bits per heavy atom. The topological polar surface area (TPSA) is 62.6 Å². The van der Waals surface area contributed by atoms with Gasteiger partial charge in [0.15, 0.2) is 0 Å². The minimum Gasteiger partial charge on any atom is -0.461 e. The summed E-state index contributed by atoms with van der Waals surface area (Å²) in [5.41, 5.74) is 2.70. The van der Waals surface area contributed by atoms with Crippen LogP contribution in [0.3, 0.4) is 0 Å². The van der Waals surface area contributed by atoms with Gasteiger partial charge in [-0.2, -0.15) is 0 Å². The van der Waals surface area contributed by atoms with Crippen LogP contribution in [0.5, 0.6) is 0 Å². The fraction of sp³-hybridized carbons (Fsp3) is 0.304. The Bertz CT molecular complexity index is 1010. The van der Waals surface area contributed by atoms with E-state index in [9.17, 15) is 9.59 Å². The van der Waals surface area contributed by atoms with Gasteiger partial charge in [0.2, 0.25) is 11.8 Å². The zero-order valence-corrected chi connectivity index (χ0v) is 17.6. The largest absolute Gasteiger partial charge is 0.461 e. The summed E-state index contributed by atoms with van der Waals surface area (Å²) in [6, 6.07) is 14.6. The molecule has 0 aliphatic heterocycles. The van der Waals surface area contributed by atoms with Gasteiger partial charge in [-0.15, -0.1) is 0 Å². The number of fused-ring (bicyclic) bond motifs is 1. The first-order valence-electron chi connectivity index (χ1n) is 9.64. The van der Waals surface area contributed by atoms with Crippen LogP contribution in [0.25, 0.3) is 11.0 Å². The number of hydrogen-bond donors (Lipinski definition) is 1. The maximum absolute atomic E-state index is 13.0. The van der Waals surface area contributed by atoms with Gasteiger partial charge < -0.3 is 14.6 Å². The molecule has 0 aliphatic carbocycles. The lowest BCUT2D eigenvalue weighted by molar-refractivity contribution is -0.131. The second-order valence-electron chi connectivity index (χ2n) is 7.11. The van der Waals surface area contributed by atoms with Crippen molar-refractivity contribution in [1.29, 1.82) is 0 Å². The van der Waals surface area contributed by atoms with Gasteiger partial charge in [0.05, 0.1) is 12.5 Å². The van der Waals surface area contributed by atoms with Gasteiger partial charge in [-0.3, -0.25) is 9.59 Å².